The van der Waals surface area contributed by atoms with Crippen LogP contribution >= 0.6 is 0 Å². The summed E-state index contributed by atoms with van der Waals surface area (Å²) in [5.74, 6) is -2.51. The van der Waals surface area contributed by atoms with Crippen molar-refractivity contribution in [3.8, 4) is 0 Å². The zero-order valence-corrected chi connectivity index (χ0v) is 9.10. The number of halogens is 2. The van der Waals surface area contributed by atoms with E-state index in [2.05, 4.69) is 6.92 Å². The van der Waals surface area contributed by atoms with Gasteiger partial charge in [0.25, 0.3) is 5.92 Å². The molecule has 0 spiro atoms. The lowest BCUT2D eigenvalue weighted by Crippen LogP contribution is -2.25. The summed E-state index contributed by atoms with van der Waals surface area (Å²) in [6, 6.07) is 0. The summed E-state index contributed by atoms with van der Waals surface area (Å²) in [6.07, 6.45) is 8.87. The first kappa shape index (κ1) is 11.7. The van der Waals surface area contributed by atoms with E-state index in [4.69, 9.17) is 0 Å². The van der Waals surface area contributed by atoms with Crippen LogP contribution < -0.4 is 0 Å². The Morgan fingerprint density at radius 2 is 2.00 bits per heavy atom. The highest BCUT2D eigenvalue weighted by molar-refractivity contribution is 5.01. The molecule has 1 rings (SSSR count). The molecule has 0 fully saturated rings. The molecule has 14 heavy (non-hydrogen) atoms. The summed E-state index contributed by atoms with van der Waals surface area (Å²) >= 11 is 0. The van der Waals surface area contributed by atoms with Crippen molar-refractivity contribution < 1.29 is 8.78 Å². The summed E-state index contributed by atoms with van der Waals surface area (Å²) < 4.78 is 25.9. The van der Waals surface area contributed by atoms with Gasteiger partial charge in [-0.3, -0.25) is 0 Å². The van der Waals surface area contributed by atoms with Crippen LogP contribution in [0.3, 0.4) is 0 Å². The van der Waals surface area contributed by atoms with Gasteiger partial charge in [-0.25, -0.2) is 8.78 Å². The molecule has 2 atom stereocenters. The molecule has 0 aromatic heterocycles. The maximum absolute atomic E-state index is 12.9. The van der Waals surface area contributed by atoms with Crippen LogP contribution in [0.4, 0.5) is 8.78 Å². The van der Waals surface area contributed by atoms with E-state index >= 15 is 0 Å². The molecule has 0 aromatic rings. The molecular formula is C12H20F2. The minimum atomic E-state index is -2.54. The molecule has 0 bridgehead atoms. The van der Waals surface area contributed by atoms with E-state index in [1.165, 1.54) is 12.8 Å². The van der Waals surface area contributed by atoms with Gasteiger partial charge >= 0.3 is 0 Å². The summed E-state index contributed by atoms with van der Waals surface area (Å²) in [6.45, 7) is 3.18. The molecule has 0 aliphatic heterocycles. The predicted molar refractivity (Wildman–Crippen MR) is 55.5 cm³/mol. The quantitative estimate of drug-likeness (QED) is 0.592. The van der Waals surface area contributed by atoms with Gasteiger partial charge in [-0.15, -0.1) is 0 Å². The zero-order chi connectivity index (χ0) is 10.6. The Bertz CT molecular complexity index is 191. The Morgan fingerprint density at radius 1 is 1.29 bits per heavy atom. The standard InChI is InChI=1S/C12H20F2/c1-3-4-5-10-6-8-11(9-7-10)12(2,13)14/h6,8,10-11H,3-5,7,9H2,1-2H3. The average molecular weight is 202 g/mol. The summed E-state index contributed by atoms with van der Waals surface area (Å²) in [7, 11) is 0. The second-order valence-electron chi connectivity index (χ2n) is 4.43. The minimum absolute atomic E-state index is 0.527. The Balaban J connectivity index is 2.39. The highest BCUT2D eigenvalue weighted by atomic mass is 19.3. The smallest absolute Gasteiger partial charge is 0.207 e. The van der Waals surface area contributed by atoms with Crippen molar-refractivity contribution in [2.24, 2.45) is 11.8 Å². The number of rotatable bonds is 4. The van der Waals surface area contributed by atoms with Gasteiger partial charge in [0.15, 0.2) is 0 Å². The molecule has 1 aliphatic rings. The topological polar surface area (TPSA) is 0 Å². The van der Waals surface area contributed by atoms with Crippen LogP contribution in [-0.4, -0.2) is 5.92 Å². The van der Waals surface area contributed by atoms with E-state index in [0.717, 1.165) is 19.8 Å². The van der Waals surface area contributed by atoms with Gasteiger partial charge in [0.05, 0.1) is 0 Å². The van der Waals surface area contributed by atoms with Crippen LogP contribution in [0.1, 0.15) is 46.0 Å². The number of allylic oxidation sites excluding steroid dienone is 2. The molecule has 0 amide bonds. The third-order valence-electron chi connectivity index (χ3n) is 3.04. The van der Waals surface area contributed by atoms with Gasteiger partial charge in [0.2, 0.25) is 0 Å². The van der Waals surface area contributed by atoms with Crippen molar-refractivity contribution >= 4 is 0 Å². The van der Waals surface area contributed by atoms with Gasteiger partial charge in [-0.2, -0.15) is 0 Å². The van der Waals surface area contributed by atoms with Crippen LogP contribution in [-0.2, 0) is 0 Å². The summed E-state index contributed by atoms with van der Waals surface area (Å²) in [4.78, 5) is 0. The van der Waals surface area contributed by atoms with Crippen LogP contribution in [0.25, 0.3) is 0 Å². The van der Waals surface area contributed by atoms with Gasteiger partial charge in [0, 0.05) is 5.92 Å². The second-order valence-corrected chi connectivity index (χ2v) is 4.43. The number of unbranched alkanes of at least 4 members (excludes halogenated alkanes) is 1. The number of hydrogen-bond donors (Lipinski definition) is 0. The lowest BCUT2D eigenvalue weighted by atomic mass is 9.83. The van der Waals surface area contributed by atoms with E-state index in [-0.39, 0.29) is 0 Å². The lowest BCUT2D eigenvalue weighted by Gasteiger charge is -2.26. The van der Waals surface area contributed by atoms with E-state index in [1.807, 2.05) is 6.08 Å². The number of hydrogen-bond acceptors (Lipinski definition) is 0. The third kappa shape index (κ3) is 3.39. The molecule has 1 aliphatic carbocycles. The monoisotopic (exact) mass is 202 g/mol. The van der Waals surface area contributed by atoms with E-state index in [0.29, 0.717) is 12.3 Å². The first-order valence-corrected chi connectivity index (χ1v) is 5.60. The summed E-state index contributed by atoms with van der Waals surface area (Å²) in [5.41, 5.74) is 0. The molecule has 0 saturated carbocycles. The van der Waals surface area contributed by atoms with E-state index in [1.54, 1.807) is 6.08 Å². The summed E-state index contributed by atoms with van der Waals surface area (Å²) in [5, 5.41) is 0. The fourth-order valence-electron chi connectivity index (χ4n) is 2.01. The highest BCUT2D eigenvalue weighted by Gasteiger charge is 2.33. The van der Waals surface area contributed by atoms with Crippen molar-refractivity contribution in [3.63, 3.8) is 0 Å². The van der Waals surface area contributed by atoms with Crippen molar-refractivity contribution in [2.75, 3.05) is 0 Å². The van der Waals surface area contributed by atoms with Crippen molar-refractivity contribution in [3.05, 3.63) is 12.2 Å². The molecule has 0 saturated heterocycles. The molecule has 2 heteroatoms. The molecule has 0 heterocycles. The predicted octanol–water partition coefficient (Wildman–Crippen LogP) is 4.41. The SMILES string of the molecule is CCCCC1C=CC(C(C)(F)F)CC1. The first-order valence-electron chi connectivity index (χ1n) is 5.60. The van der Waals surface area contributed by atoms with Crippen LogP contribution in [0.5, 0.6) is 0 Å². The lowest BCUT2D eigenvalue weighted by molar-refractivity contribution is -0.0273. The molecular weight excluding hydrogens is 182 g/mol. The van der Waals surface area contributed by atoms with Crippen molar-refractivity contribution in [1.29, 1.82) is 0 Å². The Morgan fingerprint density at radius 3 is 2.43 bits per heavy atom. The fourth-order valence-corrected chi connectivity index (χ4v) is 2.01. The van der Waals surface area contributed by atoms with Crippen LogP contribution in [0.2, 0.25) is 0 Å². The third-order valence-corrected chi connectivity index (χ3v) is 3.04. The van der Waals surface area contributed by atoms with Gasteiger partial charge in [-0.1, -0.05) is 31.9 Å². The maximum Gasteiger partial charge on any atom is 0.251 e. The Hall–Kier alpha value is -0.400. The number of alkyl halides is 2. The minimum Gasteiger partial charge on any atom is -0.207 e. The molecule has 82 valence electrons. The van der Waals surface area contributed by atoms with Gasteiger partial charge in [0.1, 0.15) is 0 Å². The molecule has 0 nitrogen and oxygen atoms in total. The van der Waals surface area contributed by atoms with Crippen molar-refractivity contribution in [2.45, 2.75) is 51.9 Å². The Kier molecular flexibility index (Phi) is 4.09. The molecule has 0 N–H and O–H groups in total. The van der Waals surface area contributed by atoms with E-state index in [9.17, 15) is 8.78 Å². The van der Waals surface area contributed by atoms with E-state index < -0.39 is 11.8 Å². The molecule has 0 aromatic carbocycles. The van der Waals surface area contributed by atoms with Crippen molar-refractivity contribution in [1.82, 2.24) is 0 Å². The molecule has 0 radical (unpaired) electrons. The average Bonchev–Trinajstić information content (AvgIpc) is 2.14. The normalized spacial score (nSPS) is 28.0. The zero-order valence-electron chi connectivity index (χ0n) is 9.10. The van der Waals surface area contributed by atoms with Gasteiger partial charge < -0.3 is 0 Å². The second kappa shape index (κ2) is 4.90. The largest absolute Gasteiger partial charge is 0.251 e. The first-order chi connectivity index (χ1) is 6.54. The van der Waals surface area contributed by atoms with Crippen LogP contribution in [0.15, 0.2) is 12.2 Å². The van der Waals surface area contributed by atoms with Gasteiger partial charge in [-0.05, 0) is 32.1 Å². The Labute approximate surface area is 85.4 Å². The maximum atomic E-state index is 12.9. The fraction of sp³-hybridized carbons (Fsp3) is 0.833. The highest BCUT2D eigenvalue weighted by Crippen LogP contribution is 2.35. The molecule has 2 unspecified atom stereocenters. The van der Waals surface area contributed by atoms with Crippen LogP contribution in [0, 0.1) is 11.8 Å².